The Morgan fingerprint density at radius 1 is 1.37 bits per heavy atom. The molecule has 7 nitrogen and oxygen atoms in total. The first-order valence-corrected chi connectivity index (χ1v) is 5.61. The highest BCUT2D eigenvalue weighted by Gasteiger charge is 2.24. The molecule has 1 aromatic rings. The number of aliphatic carboxylic acids is 1. The Hall–Kier alpha value is -2.44. The van der Waals surface area contributed by atoms with Gasteiger partial charge in [0.1, 0.15) is 6.04 Å². The van der Waals surface area contributed by atoms with E-state index in [2.05, 4.69) is 5.32 Å². The minimum Gasteiger partial charge on any atom is -0.480 e. The first-order chi connectivity index (χ1) is 8.82. The van der Waals surface area contributed by atoms with Gasteiger partial charge in [-0.1, -0.05) is 19.9 Å². The minimum absolute atomic E-state index is 0.0566. The van der Waals surface area contributed by atoms with E-state index in [0.29, 0.717) is 0 Å². The van der Waals surface area contributed by atoms with E-state index in [1.165, 1.54) is 18.2 Å². The maximum Gasteiger partial charge on any atom is 0.326 e. The zero-order chi connectivity index (χ0) is 14.6. The van der Waals surface area contributed by atoms with E-state index in [9.17, 15) is 19.7 Å². The molecule has 0 saturated heterocycles. The fourth-order valence-corrected chi connectivity index (χ4v) is 1.50. The summed E-state index contributed by atoms with van der Waals surface area (Å²) in [7, 11) is 0. The molecular weight excluding hydrogens is 252 g/mol. The number of amides is 1. The van der Waals surface area contributed by atoms with E-state index in [1.807, 2.05) is 0 Å². The van der Waals surface area contributed by atoms with Gasteiger partial charge in [0.05, 0.1) is 4.92 Å². The van der Waals surface area contributed by atoms with Crippen LogP contribution < -0.4 is 5.32 Å². The third kappa shape index (κ3) is 3.77. The Kier molecular flexibility index (Phi) is 4.57. The lowest BCUT2D eigenvalue weighted by atomic mass is 10.0. The van der Waals surface area contributed by atoms with Gasteiger partial charge in [-0.15, -0.1) is 0 Å². The molecule has 0 spiro atoms. The molecule has 1 atom stereocenters. The second kappa shape index (κ2) is 5.94. The lowest BCUT2D eigenvalue weighted by Crippen LogP contribution is -2.44. The molecule has 1 rings (SSSR count). The fourth-order valence-electron chi connectivity index (χ4n) is 1.50. The van der Waals surface area contributed by atoms with Crippen LogP contribution in [-0.2, 0) is 4.79 Å². The van der Waals surface area contributed by atoms with Gasteiger partial charge < -0.3 is 10.4 Å². The average molecular weight is 266 g/mol. The number of carbonyl (C=O) groups excluding carboxylic acids is 1. The molecule has 0 aliphatic carbocycles. The largest absolute Gasteiger partial charge is 0.480 e. The average Bonchev–Trinajstić information content (AvgIpc) is 2.34. The molecule has 0 bridgehead atoms. The third-order valence-electron chi connectivity index (χ3n) is 2.54. The maximum atomic E-state index is 11.8. The first kappa shape index (κ1) is 14.6. The van der Waals surface area contributed by atoms with Gasteiger partial charge in [0, 0.05) is 17.7 Å². The van der Waals surface area contributed by atoms with Crippen molar-refractivity contribution >= 4 is 17.6 Å². The monoisotopic (exact) mass is 266 g/mol. The van der Waals surface area contributed by atoms with Gasteiger partial charge >= 0.3 is 5.97 Å². The number of rotatable bonds is 5. The van der Waals surface area contributed by atoms with Gasteiger partial charge in [-0.25, -0.2) is 4.79 Å². The summed E-state index contributed by atoms with van der Waals surface area (Å²) >= 11 is 0. The van der Waals surface area contributed by atoms with E-state index in [4.69, 9.17) is 5.11 Å². The van der Waals surface area contributed by atoms with E-state index in [-0.39, 0.29) is 17.2 Å². The highest BCUT2D eigenvalue weighted by molar-refractivity contribution is 5.97. The molecule has 1 amide bonds. The normalized spacial score (nSPS) is 11.9. The van der Waals surface area contributed by atoms with Crippen LogP contribution in [0.25, 0.3) is 0 Å². The molecule has 0 unspecified atom stereocenters. The summed E-state index contributed by atoms with van der Waals surface area (Å²) in [5.41, 5.74) is -0.162. The molecule has 0 aliphatic rings. The number of carbonyl (C=O) groups is 2. The van der Waals surface area contributed by atoms with Crippen molar-refractivity contribution in [1.29, 1.82) is 0 Å². The topological polar surface area (TPSA) is 110 Å². The van der Waals surface area contributed by atoms with Crippen LogP contribution in [0.15, 0.2) is 24.3 Å². The van der Waals surface area contributed by atoms with Gasteiger partial charge in [-0.05, 0) is 12.0 Å². The predicted octanol–water partition coefficient (Wildman–Crippen LogP) is 1.43. The molecule has 7 heteroatoms. The van der Waals surface area contributed by atoms with Crippen molar-refractivity contribution in [2.24, 2.45) is 5.92 Å². The van der Waals surface area contributed by atoms with Crippen LogP contribution >= 0.6 is 0 Å². The van der Waals surface area contributed by atoms with Crippen LogP contribution in [0, 0.1) is 16.0 Å². The van der Waals surface area contributed by atoms with E-state index < -0.39 is 22.8 Å². The van der Waals surface area contributed by atoms with E-state index in [0.717, 1.165) is 6.07 Å². The number of nitrogens with zero attached hydrogens (tertiary/aromatic N) is 1. The number of non-ortho nitro benzene ring substituents is 1. The summed E-state index contributed by atoms with van der Waals surface area (Å²) in [5, 5.41) is 21.9. The van der Waals surface area contributed by atoms with E-state index in [1.54, 1.807) is 13.8 Å². The molecule has 0 heterocycles. The zero-order valence-electron chi connectivity index (χ0n) is 10.5. The Bertz CT molecular complexity index is 513. The number of hydrogen-bond donors (Lipinski definition) is 2. The summed E-state index contributed by atoms with van der Waals surface area (Å²) in [4.78, 5) is 32.8. The van der Waals surface area contributed by atoms with Crippen molar-refractivity contribution in [2.75, 3.05) is 0 Å². The molecule has 19 heavy (non-hydrogen) atoms. The number of nitro groups is 1. The number of carboxylic acids is 1. The van der Waals surface area contributed by atoms with Gasteiger partial charge in [-0.2, -0.15) is 0 Å². The summed E-state index contributed by atoms with van der Waals surface area (Å²) < 4.78 is 0. The standard InChI is InChI=1S/C12H14N2O5/c1-7(2)10(12(16)17)13-11(15)8-4-3-5-9(6-8)14(18)19/h3-7,10H,1-2H3,(H,13,15)(H,16,17)/t10-/m1/s1. The number of hydrogen-bond acceptors (Lipinski definition) is 4. The molecule has 102 valence electrons. The number of nitrogens with one attached hydrogen (secondary N) is 1. The smallest absolute Gasteiger partial charge is 0.326 e. The summed E-state index contributed by atoms with van der Waals surface area (Å²) in [6.45, 7) is 3.32. The molecule has 0 fully saturated rings. The number of carboxylic acid groups (broad SMARTS) is 1. The fraction of sp³-hybridized carbons (Fsp3) is 0.333. The highest BCUT2D eigenvalue weighted by atomic mass is 16.6. The molecule has 0 aromatic heterocycles. The Balaban J connectivity index is 2.91. The summed E-state index contributed by atoms with van der Waals surface area (Å²) in [6.07, 6.45) is 0. The quantitative estimate of drug-likeness (QED) is 0.619. The second-order valence-electron chi connectivity index (χ2n) is 4.34. The second-order valence-corrected chi connectivity index (χ2v) is 4.34. The lowest BCUT2D eigenvalue weighted by molar-refractivity contribution is -0.384. The van der Waals surface area contributed by atoms with Crippen molar-refractivity contribution in [3.8, 4) is 0 Å². The minimum atomic E-state index is -1.14. The Morgan fingerprint density at radius 2 is 2.00 bits per heavy atom. The van der Waals surface area contributed by atoms with Gasteiger partial charge in [-0.3, -0.25) is 14.9 Å². The van der Waals surface area contributed by atoms with Crippen LogP contribution in [0.5, 0.6) is 0 Å². The lowest BCUT2D eigenvalue weighted by Gasteiger charge is -2.17. The number of benzene rings is 1. The molecular formula is C12H14N2O5. The van der Waals surface area contributed by atoms with Crippen LogP contribution in [0.3, 0.4) is 0 Å². The van der Waals surface area contributed by atoms with Crippen LogP contribution in [0.1, 0.15) is 24.2 Å². The highest BCUT2D eigenvalue weighted by Crippen LogP contribution is 2.13. The molecule has 1 aromatic carbocycles. The summed E-state index contributed by atoms with van der Waals surface area (Å²) in [5.74, 6) is -2.08. The van der Waals surface area contributed by atoms with Crippen molar-refractivity contribution in [2.45, 2.75) is 19.9 Å². The molecule has 0 radical (unpaired) electrons. The Labute approximate surface area is 109 Å². The van der Waals surface area contributed by atoms with Crippen LogP contribution in [0.2, 0.25) is 0 Å². The van der Waals surface area contributed by atoms with E-state index >= 15 is 0 Å². The SMILES string of the molecule is CC(C)[C@@H](NC(=O)c1cccc([N+](=O)[O-])c1)C(=O)O. The van der Waals surface area contributed by atoms with Crippen molar-refractivity contribution < 1.29 is 19.6 Å². The first-order valence-electron chi connectivity index (χ1n) is 5.61. The predicted molar refractivity (Wildman–Crippen MR) is 66.8 cm³/mol. The van der Waals surface area contributed by atoms with Crippen LogP contribution in [-0.4, -0.2) is 27.9 Å². The maximum absolute atomic E-state index is 11.8. The van der Waals surface area contributed by atoms with Crippen molar-refractivity contribution in [3.05, 3.63) is 39.9 Å². The van der Waals surface area contributed by atoms with Gasteiger partial charge in [0.2, 0.25) is 0 Å². The summed E-state index contributed by atoms with van der Waals surface area (Å²) in [6, 6.07) is 4.09. The van der Waals surface area contributed by atoms with Gasteiger partial charge in [0.25, 0.3) is 11.6 Å². The van der Waals surface area contributed by atoms with Crippen LogP contribution in [0.4, 0.5) is 5.69 Å². The zero-order valence-corrected chi connectivity index (χ0v) is 10.5. The molecule has 2 N–H and O–H groups in total. The van der Waals surface area contributed by atoms with Crippen molar-refractivity contribution in [3.63, 3.8) is 0 Å². The molecule has 0 aliphatic heterocycles. The third-order valence-corrected chi connectivity index (χ3v) is 2.54. The van der Waals surface area contributed by atoms with Gasteiger partial charge in [0.15, 0.2) is 0 Å². The number of nitro benzene ring substituents is 1. The molecule has 0 saturated carbocycles. The Morgan fingerprint density at radius 3 is 2.47 bits per heavy atom. The van der Waals surface area contributed by atoms with Crippen molar-refractivity contribution in [1.82, 2.24) is 5.32 Å².